The third-order valence-electron chi connectivity index (χ3n) is 4.99. The third-order valence-corrected chi connectivity index (χ3v) is 5.33. The molecular formula is C19H13ClF5N5O2. The Labute approximate surface area is 182 Å². The molecule has 3 amide bonds. The lowest BCUT2D eigenvalue weighted by Gasteiger charge is -2.27. The molecule has 3 heterocycles. The minimum Gasteiger partial charge on any atom is -0.335 e. The van der Waals surface area contributed by atoms with Gasteiger partial charge in [0.15, 0.2) is 5.82 Å². The number of nitrogens with zero attached hydrogens (tertiary/aromatic N) is 4. The molecule has 0 unspecified atom stereocenters. The number of benzene rings is 1. The molecule has 1 fully saturated rings. The van der Waals surface area contributed by atoms with E-state index in [1.807, 2.05) is 0 Å². The predicted molar refractivity (Wildman–Crippen MR) is 105 cm³/mol. The summed E-state index contributed by atoms with van der Waals surface area (Å²) in [5.74, 6) is -3.49. The van der Waals surface area contributed by atoms with E-state index in [9.17, 15) is 31.5 Å². The number of likely N-dealkylation sites (N-methyl/N-ethyl adjacent to an activating group) is 1. The quantitative estimate of drug-likeness (QED) is 0.464. The number of hydrogen-bond acceptors (Lipinski definition) is 3. The Morgan fingerprint density at radius 3 is 2.69 bits per heavy atom. The maximum Gasteiger partial charge on any atom is 0.431 e. The summed E-state index contributed by atoms with van der Waals surface area (Å²) in [7, 11) is 1.17. The van der Waals surface area contributed by atoms with Crippen LogP contribution < -0.4 is 15.1 Å². The third kappa shape index (κ3) is 3.49. The number of halogens is 6. The highest BCUT2D eigenvalue weighted by atomic mass is 35.5. The number of hydrogen-bond donors (Lipinski definition) is 1. The predicted octanol–water partition coefficient (Wildman–Crippen LogP) is 3.85. The summed E-state index contributed by atoms with van der Waals surface area (Å²) in [5, 5.41) is 1.55. The Balaban J connectivity index is 1.75. The van der Waals surface area contributed by atoms with Gasteiger partial charge in [0, 0.05) is 25.9 Å². The van der Waals surface area contributed by atoms with E-state index in [1.54, 1.807) is 0 Å². The molecule has 0 spiro atoms. The molecule has 0 aliphatic carbocycles. The van der Waals surface area contributed by atoms with Crippen molar-refractivity contribution < 1.29 is 31.5 Å². The number of nitrogens with one attached hydrogen (secondary N) is 1. The zero-order valence-corrected chi connectivity index (χ0v) is 16.9. The number of carbonyl (C=O) groups excluding carboxylic acids is 2. The molecule has 32 heavy (non-hydrogen) atoms. The highest BCUT2D eigenvalue weighted by Gasteiger charge is 2.42. The first kappa shape index (κ1) is 21.8. The normalized spacial score (nSPS) is 16.5. The fourth-order valence-electron chi connectivity index (χ4n) is 3.43. The van der Waals surface area contributed by atoms with Crippen LogP contribution in [0.25, 0.3) is 5.65 Å². The van der Waals surface area contributed by atoms with Gasteiger partial charge in [-0.15, -0.1) is 0 Å². The summed E-state index contributed by atoms with van der Waals surface area (Å²) < 4.78 is 69.3. The van der Waals surface area contributed by atoms with Crippen LogP contribution >= 0.6 is 11.6 Å². The van der Waals surface area contributed by atoms with E-state index in [0.29, 0.717) is 6.07 Å². The van der Waals surface area contributed by atoms with Gasteiger partial charge in [-0.05, 0) is 24.3 Å². The van der Waals surface area contributed by atoms with Gasteiger partial charge in [0.25, 0.3) is 5.91 Å². The summed E-state index contributed by atoms with van der Waals surface area (Å²) in [6.45, 7) is -0.270. The van der Waals surface area contributed by atoms with Gasteiger partial charge in [0.1, 0.15) is 34.0 Å². The molecular weight excluding hydrogens is 461 g/mol. The molecule has 1 saturated heterocycles. The van der Waals surface area contributed by atoms with Crippen LogP contribution in [0.4, 0.5) is 38.3 Å². The number of alkyl halides is 3. The largest absolute Gasteiger partial charge is 0.431 e. The van der Waals surface area contributed by atoms with Crippen LogP contribution in [0.1, 0.15) is 5.69 Å². The molecule has 0 saturated carbocycles. The van der Waals surface area contributed by atoms with E-state index < -0.39 is 52.3 Å². The van der Waals surface area contributed by atoms with Crippen molar-refractivity contribution in [3.63, 3.8) is 0 Å². The first-order chi connectivity index (χ1) is 15.0. The summed E-state index contributed by atoms with van der Waals surface area (Å²) >= 11 is 5.56. The number of rotatable bonds is 3. The van der Waals surface area contributed by atoms with Gasteiger partial charge in [-0.1, -0.05) is 11.6 Å². The van der Waals surface area contributed by atoms with Crippen LogP contribution in [0.15, 0.2) is 36.5 Å². The Morgan fingerprint density at radius 2 is 2.00 bits per heavy atom. The molecule has 0 bridgehead atoms. The van der Waals surface area contributed by atoms with E-state index in [4.69, 9.17) is 11.6 Å². The van der Waals surface area contributed by atoms with E-state index in [1.165, 1.54) is 19.2 Å². The van der Waals surface area contributed by atoms with Gasteiger partial charge >= 0.3 is 12.2 Å². The van der Waals surface area contributed by atoms with E-state index in [-0.39, 0.29) is 17.9 Å². The fourth-order valence-corrected chi connectivity index (χ4v) is 3.59. The van der Waals surface area contributed by atoms with Gasteiger partial charge in [0.2, 0.25) is 0 Å². The topological polar surface area (TPSA) is 70.0 Å². The summed E-state index contributed by atoms with van der Waals surface area (Å²) in [4.78, 5) is 31.1. The first-order valence-electron chi connectivity index (χ1n) is 9.04. The highest BCUT2D eigenvalue weighted by Crippen LogP contribution is 2.34. The average molecular weight is 474 g/mol. The molecule has 7 nitrogen and oxygen atoms in total. The number of carbonyl (C=O) groups is 2. The summed E-state index contributed by atoms with van der Waals surface area (Å²) in [5.41, 5.74) is -1.56. The SMILES string of the molecule is CN(C(=O)[C@@H]1CNC(=O)N1c1cc(C(F)(F)F)n2cccc2n1)c1ccc(F)c(Cl)c1F. The van der Waals surface area contributed by atoms with Crippen molar-refractivity contribution in [2.75, 3.05) is 23.4 Å². The van der Waals surface area contributed by atoms with Crippen LogP contribution in [0.2, 0.25) is 5.02 Å². The lowest BCUT2D eigenvalue weighted by molar-refractivity contribution is -0.142. The molecule has 3 aromatic rings. The van der Waals surface area contributed by atoms with Crippen molar-refractivity contribution in [1.29, 1.82) is 0 Å². The van der Waals surface area contributed by atoms with Crippen molar-refractivity contribution in [1.82, 2.24) is 14.7 Å². The number of fused-ring (bicyclic) bond motifs is 1. The number of anilines is 2. The fraction of sp³-hybridized carbons (Fsp3) is 0.211. The molecule has 1 aromatic carbocycles. The molecule has 1 aliphatic rings. The number of aromatic nitrogens is 2. The standard InChI is InChI=1S/C19H13ClF5N5O2/c1-28(10-5-4-9(21)15(20)16(10)22)17(31)11-8-26-18(32)30(11)14-7-12(19(23,24)25)29-6-2-3-13(29)27-14/h2-7,11H,8H2,1H3,(H,26,32)/t11-/m0/s1. The van der Waals surface area contributed by atoms with Gasteiger partial charge in [-0.2, -0.15) is 13.2 Å². The molecule has 2 aromatic heterocycles. The van der Waals surface area contributed by atoms with Crippen molar-refractivity contribution in [2.24, 2.45) is 0 Å². The first-order valence-corrected chi connectivity index (χ1v) is 9.42. The van der Waals surface area contributed by atoms with Crippen molar-refractivity contribution in [3.8, 4) is 0 Å². The minimum atomic E-state index is -4.77. The average Bonchev–Trinajstić information content (AvgIpc) is 3.35. The maximum atomic E-state index is 14.4. The molecule has 13 heteroatoms. The van der Waals surface area contributed by atoms with Crippen LogP contribution in [0.3, 0.4) is 0 Å². The summed E-state index contributed by atoms with van der Waals surface area (Å²) in [6.07, 6.45) is -3.61. The Morgan fingerprint density at radius 1 is 1.28 bits per heavy atom. The summed E-state index contributed by atoms with van der Waals surface area (Å²) in [6, 6.07) is 2.95. The van der Waals surface area contributed by atoms with Crippen LogP contribution in [-0.2, 0) is 11.0 Å². The second-order valence-corrected chi connectivity index (χ2v) is 7.28. The van der Waals surface area contributed by atoms with Crippen molar-refractivity contribution in [3.05, 3.63) is 58.9 Å². The van der Waals surface area contributed by atoms with Crippen molar-refractivity contribution in [2.45, 2.75) is 12.2 Å². The Bertz CT molecular complexity index is 1240. The minimum absolute atomic E-state index is 0.0922. The maximum absolute atomic E-state index is 14.4. The van der Waals surface area contributed by atoms with Crippen LogP contribution in [-0.4, -0.2) is 41.0 Å². The highest BCUT2D eigenvalue weighted by molar-refractivity contribution is 6.31. The molecule has 1 aliphatic heterocycles. The van der Waals surface area contributed by atoms with Crippen LogP contribution in [0.5, 0.6) is 0 Å². The van der Waals surface area contributed by atoms with E-state index in [2.05, 4.69) is 10.3 Å². The van der Waals surface area contributed by atoms with Gasteiger partial charge in [-0.25, -0.2) is 18.6 Å². The number of amides is 3. The smallest absolute Gasteiger partial charge is 0.335 e. The van der Waals surface area contributed by atoms with Crippen molar-refractivity contribution >= 4 is 40.7 Å². The van der Waals surface area contributed by atoms with Gasteiger partial charge in [0.05, 0.1) is 5.69 Å². The lowest BCUT2D eigenvalue weighted by Crippen LogP contribution is -2.47. The molecule has 168 valence electrons. The molecule has 1 atom stereocenters. The Kier molecular flexibility index (Phi) is 5.19. The molecule has 0 radical (unpaired) electrons. The zero-order chi connectivity index (χ0) is 23.4. The number of urea groups is 1. The zero-order valence-electron chi connectivity index (χ0n) is 16.1. The molecule has 1 N–H and O–H groups in total. The van der Waals surface area contributed by atoms with Gasteiger partial charge in [-0.3, -0.25) is 14.1 Å². The van der Waals surface area contributed by atoms with E-state index >= 15 is 0 Å². The lowest BCUT2D eigenvalue weighted by atomic mass is 10.2. The Hall–Kier alpha value is -3.41. The van der Waals surface area contributed by atoms with E-state index in [0.717, 1.165) is 32.5 Å². The second kappa shape index (κ2) is 7.62. The molecule has 4 rings (SSSR count). The van der Waals surface area contributed by atoms with Gasteiger partial charge < -0.3 is 10.2 Å². The van der Waals surface area contributed by atoms with Crippen LogP contribution in [0, 0.1) is 11.6 Å². The monoisotopic (exact) mass is 473 g/mol. The second-order valence-electron chi connectivity index (χ2n) is 6.90.